The lowest BCUT2D eigenvalue weighted by Crippen LogP contribution is -2.34. The zero-order valence-electron chi connectivity index (χ0n) is 16.7. The smallest absolute Gasteiger partial charge is 0.341 e. The summed E-state index contributed by atoms with van der Waals surface area (Å²) in [7, 11) is 1.37. The highest BCUT2D eigenvalue weighted by molar-refractivity contribution is 7.80. The Labute approximate surface area is 179 Å². The molecule has 3 rings (SSSR count). The Hall–Kier alpha value is -2.45. The first kappa shape index (κ1) is 21.3. The summed E-state index contributed by atoms with van der Waals surface area (Å²) in [5, 5.41) is 6.44. The standard InChI is InChI=1S/C21H24N2O4S2/c1-12(2)27-14-10-8-13(9-11-14)18(24)22-21(28)23-19-17(20(25)26-3)15-6-4-5-7-16(15)29-19/h8-12H,4-7H2,1-3H3,(H2,22,23,24,28). The number of rotatable bonds is 5. The number of anilines is 1. The molecule has 1 aliphatic rings. The molecule has 0 saturated carbocycles. The first-order valence-electron chi connectivity index (χ1n) is 9.51. The topological polar surface area (TPSA) is 76.7 Å². The zero-order valence-corrected chi connectivity index (χ0v) is 18.3. The number of fused-ring (bicyclic) bond motifs is 1. The first-order chi connectivity index (χ1) is 13.9. The van der Waals surface area contributed by atoms with Crippen LogP contribution in [-0.4, -0.2) is 30.2 Å². The molecule has 0 aliphatic heterocycles. The van der Waals surface area contributed by atoms with Crippen molar-refractivity contribution in [3.63, 3.8) is 0 Å². The molecule has 6 nitrogen and oxygen atoms in total. The Morgan fingerprint density at radius 2 is 1.83 bits per heavy atom. The molecule has 1 aliphatic carbocycles. The lowest BCUT2D eigenvalue weighted by molar-refractivity contribution is 0.0601. The van der Waals surface area contributed by atoms with Crippen molar-refractivity contribution in [1.82, 2.24) is 5.32 Å². The summed E-state index contributed by atoms with van der Waals surface area (Å²) in [6.07, 6.45) is 4.00. The van der Waals surface area contributed by atoms with Crippen molar-refractivity contribution in [3.05, 3.63) is 45.8 Å². The number of nitrogens with one attached hydrogen (secondary N) is 2. The van der Waals surface area contributed by atoms with Gasteiger partial charge in [0.15, 0.2) is 5.11 Å². The number of benzene rings is 1. The molecule has 2 aromatic rings. The number of thiocarbonyl (C=S) groups is 1. The first-order valence-corrected chi connectivity index (χ1v) is 10.7. The molecule has 29 heavy (non-hydrogen) atoms. The molecular weight excluding hydrogens is 408 g/mol. The average molecular weight is 433 g/mol. The number of amides is 1. The quantitative estimate of drug-likeness (QED) is 0.541. The van der Waals surface area contributed by atoms with Crippen LogP contribution in [0.25, 0.3) is 0 Å². The van der Waals surface area contributed by atoms with Gasteiger partial charge in [-0.05, 0) is 81.6 Å². The number of carbonyl (C=O) groups excluding carboxylic acids is 2. The van der Waals surface area contributed by atoms with Crippen molar-refractivity contribution in [2.45, 2.75) is 45.6 Å². The summed E-state index contributed by atoms with van der Waals surface area (Å²) >= 11 is 6.80. The average Bonchev–Trinajstić information content (AvgIpc) is 3.05. The molecule has 1 amide bonds. The molecule has 0 saturated heterocycles. The highest BCUT2D eigenvalue weighted by atomic mass is 32.1. The van der Waals surface area contributed by atoms with E-state index in [1.807, 2.05) is 13.8 Å². The summed E-state index contributed by atoms with van der Waals surface area (Å²) in [5.74, 6) is -0.0227. The van der Waals surface area contributed by atoms with Gasteiger partial charge in [-0.3, -0.25) is 10.1 Å². The number of hydrogen-bond acceptors (Lipinski definition) is 6. The van der Waals surface area contributed by atoms with Gasteiger partial charge in [-0.25, -0.2) is 4.79 Å². The minimum Gasteiger partial charge on any atom is -0.491 e. The van der Waals surface area contributed by atoms with Crippen LogP contribution >= 0.6 is 23.6 Å². The van der Waals surface area contributed by atoms with E-state index in [4.69, 9.17) is 21.7 Å². The fourth-order valence-corrected chi connectivity index (χ4v) is 4.78. The Morgan fingerprint density at radius 1 is 1.14 bits per heavy atom. The van der Waals surface area contributed by atoms with Gasteiger partial charge in [0.2, 0.25) is 0 Å². The summed E-state index contributed by atoms with van der Waals surface area (Å²) in [4.78, 5) is 26.0. The second kappa shape index (κ2) is 9.37. The number of hydrogen-bond donors (Lipinski definition) is 2. The van der Waals surface area contributed by atoms with Crippen LogP contribution in [0.1, 0.15) is 57.8 Å². The largest absolute Gasteiger partial charge is 0.491 e. The number of carbonyl (C=O) groups is 2. The maximum atomic E-state index is 12.5. The second-order valence-corrected chi connectivity index (χ2v) is 8.52. The molecule has 0 radical (unpaired) electrons. The number of esters is 1. The van der Waals surface area contributed by atoms with Crippen LogP contribution in [0.15, 0.2) is 24.3 Å². The van der Waals surface area contributed by atoms with Crippen LogP contribution in [0.5, 0.6) is 5.75 Å². The van der Waals surface area contributed by atoms with Gasteiger partial charge < -0.3 is 14.8 Å². The van der Waals surface area contributed by atoms with E-state index < -0.39 is 0 Å². The maximum absolute atomic E-state index is 12.5. The van der Waals surface area contributed by atoms with Gasteiger partial charge in [0.1, 0.15) is 10.8 Å². The third-order valence-corrected chi connectivity index (χ3v) is 5.91. The highest BCUT2D eigenvalue weighted by Crippen LogP contribution is 2.38. The van der Waals surface area contributed by atoms with Gasteiger partial charge in [0.25, 0.3) is 5.91 Å². The molecule has 154 valence electrons. The van der Waals surface area contributed by atoms with Crippen molar-refractivity contribution < 1.29 is 19.1 Å². The fourth-order valence-electron chi connectivity index (χ4n) is 3.24. The van der Waals surface area contributed by atoms with Crippen molar-refractivity contribution in [1.29, 1.82) is 0 Å². The van der Waals surface area contributed by atoms with Crippen LogP contribution in [0.3, 0.4) is 0 Å². The monoisotopic (exact) mass is 432 g/mol. The van der Waals surface area contributed by atoms with Crippen molar-refractivity contribution in [3.8, 4) is 5.75 Å². The van der Waals surface area contributed by atoms with Crippen LogP contribution in [-0.2, 0) is 17.6 Å². The molecule has 0 atom stereocenters. The van der Waals surface area contributed by atoms with E-state index in [0.29, 0.717) is 21.9 Å². The van der Waals surface area contributed by atoms with Crippen LogP contribution < -0.4 is 15.4 Å². The molecule has 0 unspecified atom stereocenters. The molecule has 1 aromatic carbocycles. The van der Waals surface area contributed by atoms with Gasteiger partial charge in [-0.1, -0.05) is 0 Å². The van der Waals surface area contributed by atoms with E-state index in [2.05, 4.69) is 10.6 Å². The molecule has 0 spiro atoms. The lowest BCUT2D eigenvalue weighted by Gasteiger charge is -2.12. The van der Waals surface area contributed by atoms with E-state index in [-0.39, 0.29) is 23.1 Å². The normalized spacial score (nSPS) is 12.8. The van der Waals surface area contributed by atoms with Crippen molar-refractivity contribution in [2.75, 3.05) is 12.4 Å². The van der Waals surface area contributed by atoms with E-state index in [1.54, 1.807) is 24.3 Å². The van der Waals surface area contributed by atoms with Crippen molar-refractivity contribution in [2.24, 2.45) is 0 Å². The Kier molecular flexibility index (Phi) is 6.87. The van der Waals surface area contributed by atoms with Gasteiger partial charge in [-0.15, -0.1) is 11.3 Å². The molecule has 1 aromatic heterocycles. The second-order valence-electron chi connectivity index (χ2n) is 7.01. The summed E-state index contributed by atoms with van der Waals surface area (Å²) in [6.45, 7) is 3.88. The summed E-state index contributed by atoms with van der Waals surface area (Å²) in [5.41, 5.74) is 2.02. The third-order valence-electron chi connectivity index (χ3n) is 4.50. The Morgan fingerprint density at radius 3 is 2.48 bits per heavy atom. The zero-order chi connectivity index (χ0) is 21.0. The van der Waals surface area contributed by atoms with E-state index in [9.17, 15) is 9.59 Å². The molecule has 2 N–H and O–H groups in total. The van der Waals surface area contributed by atoms with Crippen molar-refractivity contribution >= 4 is 45.5 Å². The fraction of sp³-hybridized carbons (Fsp3) is 0.381. The lowest BCUT2D eigenvalue weighted by atomic mass is 9.95. The van der Waals surface area contributed by atoms with Gasteiger partial charge >= 0.3 is 5.97 Å². The minimum atomic E-state index is -0.387. The molecule has 0 bridgehead atoms. The predicted molar refractivity (Wildman–Crippen MR) is 118 cm³/mol. The van der Waals surface area contributed by atoms with Gasteiger partial charge in [0, 0.05) is 10.4 Å². The number of aryl methyl sites for hydroxylation is 1. The Balaban J connectivity index is 1.70. The number of ether oxygens (including phenoxy) is 2. The molecular formula is C21H24N2O4S2. The number of thiophene rings is 1. The summed E-state index contributed by atoms with van der Waals surface area (Å²) < 4.78 is 10.5. The van der Waals surface area contributed by atoms with Gasteiger partial charge in [-0.2, -0.15) is 0 Å². The van der Waals surface area contributed by atoms with Crippen LogP contribution in [0.2, 0.25) is 0 Å². The Bertz CT molecular complexity index is 920. The number of methoxy groups -OCH3 is 1. The van der Waals surface area contributed by atoms with Crippen LogP contribution in [0.4, 0.5) is 5.00 Å². The molecule has 1 heterocycles. The van der Waals surface area contributed by atoms with Crippen LogP contribution in [0, 0.1) is 0 Å². The maximum Gasteiger partial charge on any atom is 0.341 e. The molecule has 8 heteroatoms. The van der Waals surface area contributed by atoms with E-state index in [0.717, 1.165) is 31.2 Å². The third kappa shape index (κ3) is 5.13. The van der Waals surface area contributed by atoms with E-state index >= 15 is 0 Å². The van der Waals surface area contributed by atoms with Gasteiger partial charge in [0.05, 0.1) is 18.8 Å². The van der Waals surface area contributed by atoms with E-state index in [1.165, 1.54) is 23.3 Å². The predicted octanol–water partition coefficient (Wildman–Crippen LogP) is 4.33. The SMILES string of the molecule is COC(=O)c1c(NC(=S)NC(=O)c2ccc(OC(C)C)cc2)sc2c1CCCC2. The highest BCUT2D eigenvalue weighted by Gasteiger charge is 2.26. The minimum absolute atomic E-state index is 0.0621. The summed E-state index contributed by atoms with van der Waals surface area (Å²) in [6, 6.07) is 6.85. The molecule has 0 fully saturated rings.